The van der Waals surface area contributed by atoms with Crippen LogP contribution in [0.5, 0.6) is 0 Å². The normalized spacial score (nSPS) is 26.4. The summed E-state index contributed by atoms with van der Waals surface area (Å²) < 4.78 is 31.9. The van der Waals surface area contributed by atoms with E-state index >= 15 is 0 Å². The summed E-state index contributed by atoms with van der Waals surface area (Å²) in [6.07, 6.45) is 2.05. The first-order valence-electron chi connectivity index (χ1n) is 5.59. The van der Waals surface area contributed by atoms with Gasteiger partial charge in [-0.25, -0.2) is 13.4 Å². The van der Waals surface area contributed by atoms with Crippen LogP contribution in [0.25, 0.3) is 0 Å². The molecule has 1 saturated heterocycles. The molecule has 1 fully saturated rings. The van der Waals surface area contributed by atoms with E-state index in [9.17, 15) is 8.42 Å². The van der Waals surface area contributed by atoms with E-state index in [-0.39, 0.29) is 14.8 Å². The number of halogens is 1. The van der Waals surface area contributed by atoms with Crippen LogP contribution in [-0.2, 0) is 14.8 Å². The number of hydrogen-bond acceptors (Lipinski definition) is 5. The standard InChI is InChI=1S/C10H15ClN2O3S2/c1-7-3-4-13(6-8(7)16-2)18(14,15)9-5-12-10(11)17-9/h5,7-8H,3-4,6H2,1-2H3. The summed E-state index contributed by atoms with van der Waals surface area (Å²) in [7, 11) is -1.87. The van der Waals surface area contributed by atoms with E-state index in [0.717, 1.165) is 17.8 Å². The third-order valence-electron chi connectivity index (χ3n) is 3.21. The third kappa shape index (κ3) is 2.70. The summed E-state index contributed by atoms with van der Waals surface area (Å²) in [6, 6.07) is 0. The van der Waals surface area contributed by atoms with E-state index in [1.807, 2.05) is 0 Å². The average molecular weight is 311 g/mol. The van der Waals surface area contributed by atoms with Gasteiger partial charge in [0.15, 0.2) is 8.68 Å². The Morgan fingerprint density at radius 2 is 2.33 bits per heavy atom. The van der Waals surface area contributed by atoms with Crippen LogP contribution >= 0.6 is 22.9 Å². The number of methoxy groups -OCH3 is 1. The maximum Gasteiger partial charge on any atom is 0.254 e. The number of rotatable bonds is 3. The first kappa shape index (κ1) is 14.2. The largest absolute Gasteiger partial charge is 0.380 e. The molecule has 2 unspecified atom stereocenters. The van der Waals surface area contributed by atoms with Crippen molar-refractivity contribution in [1.29, 1.82) is 0 Å². The van der Waals surface area contributed by atoms with Crippen molar-refractivity contribution >= 4 is 33.0 Å². The van der Waals surface area contributed by atoms with Crippen LogP contribution in [0, 0.1) is 5.92 Å². The van der Waals surface area contributed by atoms with Crippen LogP contribution in [0.15, 0.2) is 10.4 Å². The quantitative estimate of drug-likeness (QED) is 0.855. The molecule has 0 N–H and O–H groups in total. The first-order chi connectivity index (χ1) is 8.45. The molecule has 1 aromatic heterocycles. The molecule has 1 aliphatic rings. The highest BCUT2D eigenvalue weighted by molar-refractivity contribution is 7.91. The van der Waals surface area contributed by atoms with Gasteiger partial charge in [0.2, 0.25) is 0 Å². The Kier molecular flexibility index (Phi) is 4.28. The Bertz CT molecular complexity index is 517. The van der Waals surface area contributed by atoms with Crippen molar-refractivity contribution in [3.63, 3.8) is 0 Å². The highest BCUT2D eigenvalue weighted by Crippen LogP contribution is 2.29. The van der Waals surface area contributed by atoms with E-state index in [2.05, 4.69) is 11.9 Å². The van der Waals surface area contributed by atoms with Crippen LogP contribution in [0.1, 0.15) is 13.3 Å². The number of hydrogen-bond donors (Lipinski definition) is 0. The lowest BCUT2D eigenvalue weighted by molar-refractivity contribution is 0.0184. The van der Waals surface area contributed by atoms with Crippen LogP contribution in [0.4, 0.5) is 0 Å². The number of aromatic nitrogens is 1. The van der Waals surface area contributed by atoms with Crippen LogP contribution in [-0.4, -0.2) is 44.0 Å². The zero-order valence-corrected chi connectivity index (χ0v) is 12.6. The third-order valence-corrected chi connectivity index (χ3v) is 6.62. The number of nitrogens with zero attached hydrogens (tertiary/aromatic N) is 2. The number of ether oxygens (including phenoxy) is 1. The topological polar surface area (TPSA) is 59.5 Å². The first-order valence-corrected chi connectivity index (χ1v) is 8.23. The lowest BCUT2D eigenvalue weighted by Crippen LogP contribution is -2.46. The van der Waals surface area contributed by atoms with Gasteiger partial charge in [-0.05, 0) is 12.3 Å². The lowest BCUT2D eigenvalue weighted by atomic mass is 9.97. The second kappa shape index (κ2) is 5.42. The predicted octanol–water partition coefficient (Wildman–Crippen LogP) is 1.84. The Hall–Kier alpha value is -0.210. The smallest absolute Gasteiger partial charge is 0.254 e. The van der Waals surface area contributed by atoms with E-state index in [0.29, 0.717) is 19.0 Å². The maximum absolute atomic E-state index is 12.4. The molecule has 0 spiro atoms. The second-order valence-corrected chi connectivity index (χ2v) is 8.11. The Morgan fingerprint density at radius 3 is 2.89 bits per heavy atom. The van der Waals surface area contributed by atoms with Gasteiger partial charge >= 0.3 is 0 Å². The predicted molar refractivity (Wildman–Crippen MR) is 70.5 cm³/mol. The molecule has 18 heavy (non-hydrogen) atoms. The summed E-state index contributed by atoms with van der Waals surface area (Å²) in [5.41, 5.74) is 0. The molecule has 0 aromatic carbocycles. The van der Waals surface area contributed by atoms with Gasteiger partial charge in [0.05, 0.1) is 12.3 Å². The summed E-state index contributed by atoms with van der Waals surface area (Å²) in [4.78, 5) is 3.78. The summed E-state index contributed by atoms with van der Waals surface area (Å²) in [5.74, 6) is 0.367. The summed E-state index contributed by atoms with van der Waals surface area (Å²) >= 11 is 6.67. The Balaban J connectivity index is 2.21. The molecule has 0 bridgehead atoms. The van der Waals surface area contributed by atoms with Gasteiger partial charge < -0.3 is 4.74 Å². The van der Waals surface area contributed by atoms with Crippen molar-refractivity contribution in [3.8, 4) is 0 Å². The van der Waals surface area contributed by atoms with Gasteiger partial charge in [-0.2, -0.15) is 4.31 Å². The van der Waals surface area contributed by atoms with Crippen molar-refractivity contribution < 1.29 is 13.2 Å². The molecule has 2 rings (SSSR count). The second-order valence-electron chi connectivity index (χ2n) is 4.34. The Morgan fingerprint density at radius 1 is 1.61 bits per heavy atom. The van der Waals surface area contributed by atoms with Gasteiger partial charge in [0.25, 0.3) is 10.0 Å². The number of thiazole rings is 1. The SMILES string of the molecule is COC1CN(S(=O)(=O)c2cnc(Cl)s2)CCC1C. The van der Waals surface area contributed by atoms with E-state index in [1.165, 1.54) is 10.5 Å². The molecular formula is C10H15ClN2O3S2. The van der Waals surface area contributed by atoms with Gasteiger partial charge in [-0.1, -0.05) is 29.9 Å². The van der Waals surface area contributed by atoms with Crippen LogP contribution in [0.3, 0.4) is 0 Å². The zero-order valence-electron chi connectivity index (χ0n) is 10.2. The van der Waals surface area contributed by atoms with Gasteiger partial charge in [-0.15, -0.1) is 0 Å². The van der Waals surface area contributed by atoms with Crippen LogP contribution < -0.4 is 0 Å². The van der Waals surface area contributed by atoms with Gasteiger partial charge in [0, 0.05) is 20.2 Å². The fourth-order valence-electron chi connectivity index (χ4n) is 2.02. The number of sulfonamides is 1. The molecule has 102 valence electrons. The molecule has 5 nitrogen and oxygen atoms in total. The lowest BCUT2D eigenvalue weighted by Gasteiger charge is -2.34. The van der Waals surface area contributed by atoms with Crippen molar-refractivity contribution in [2.75, 3.05) is 20.2 Å². The van der Waals surface area contributed by atoms with E-state index in [1.54, 1.807) is 7.11 Å². The molecule has 1 aliphatic heterocycles. The summed E-state index contributed by atoms with van der Waals surface area (Å²) in [5, 5.41) is 0. The van der Waals surface area contributed by atoms with Crippen molar-refractivity contribution in [2.45, 2.75) is 23.7 Å². The molecule has 0 aliphatic carbocycles. The summed E-state index contributed by atoms with van der Waals surface area (Å²) in [6.45, 7) is 2.97. The molecule has 2 atom stereocenters. The molecule has 2 heterocycles. The van der Waals surface area contributed by atoms with Crippen molar-refractivity contribution in [1.82, 2.24) is 9.29 Å². The zero-order chi connectivity index (χ0) is 13.3. The molecule has 0 amide bonds. The molecule has 0 radical (unpaired) electrons. The van der Waals surface area contributed by atoms with Crippen molar-refractivity contribution in [2.24, 2.45) is 5.92 Å². The minimum atomic E-state index is -3.48. The highest BCUT2D eigenvalue weighted by Gasteiger charge is 2.34. The highest BCUT2D eigenvalue weighted by atomic mass is 35.5. The monoisotopic (exact) mass is 310 g/mol. The van der Waals surface area contributed by atoms with Crippen molar-refractivity contribution in [3.05, 3.63) is 10.7 Å². The minimum Gasteiger partial charge on any atom is -0.380 e. The van der Waals surface area contributed by atoms with Gasteiger partial charge in [-0.3, -0.25) is 0 Å². The van der Waals surface area contributed by atoms with E-state index < -0.39 is 10.0 Å². The molecule has 8 heteroatoms. The molecule has 0 saturated carbocycles. The molecule has 1 aromatic rings. The van der Waals surface area contributed by atoms with Crippen LogP contribution in [0.2, 0.25) is 4.47 Å². The van der Waals surface area contributed by atoms with Gasteiger partial charge in [0.1, 0.15) is 0 Å². The van der Waals surface area contributed by atoms with E-state index in [4.69, 9.17) is 16.3 Å². The minimum absolute atomic E-state index is 0.0584. The number of piperidine rings is 1. The fraction of sp³-hybridized carbons (Fsp3) is 0.700. The molecular weight excluding hydrogens is 296 g/mol. The average Bonchev–Trinajstić information content (AvgIpc) is 2.77. The fourth-order valence-corrected chi connectivity index (χ4v) is 4.93. The maximum atomic E-state index is 12.4. The Labute approximate surface area is 116 Å².